The Bertz CT molecular complexity index is 444. The van der Waals surface area contributed by atoms with Gasteiger partial charge in [0.1, 0.15) is 0 Å². The molecular weight excluding hydrogens is 286 g/mol. The van der Waals surface area contributed by atoms with Gasteiger partial charge in [-0.05, 0) is 18.6 Å². The normalized spacial score (nSPS) is 10.4. The highest BCUT2D eigenvalue weighted by Gasteiger charge is 2.20. The third-order valence-corrected chi connectivity index (χ3v) is 1.87. The fourth-order valence-corrected chi connectivity index (χ4v) is 1.14. The van der Waals surface area contributed by atoms with Crippen molar-refractivity contribution in [1.82, 2.24) is 0 Å². The van der Waals surface area contributed by atoms with E-state index in [0.717, 1.165) is 0 Å². The lowest BCUT2D eigenvalue weighted by Crippen LogP contribution is -2.02. The quantitative estimate of drug-likeness (QED) is 0.392. The van der Waals surface area contributed by atoms with E-state index in [0.29, 0.717) is 18.6 Å². The molecular formula is C10H12BF5N2O2. The fraction of sp³-hybridized carbons (Fsp3) is 0.400. The smallest absolute Gasteiger partial charge is 0.418 e. The molecule has 1 rings (SSSR count). The maximum absolute atomic E-state index is 13.1. The summed E-state index contributed by atoms with van der Waals surface area (Å²) in [5, 5.41) is 17.1. The minimum absolute atomic E-state index is 0.0559. The van der Waals surface area contributed by atoms with Gasteiger partial charge >= 0.3 is 12.9 Å². The Balaban J connectivity index is 0.000000621. The number of hydrogen-bond donors (Lipinski definition) is 1. The topological polar surface area (TPSA) is 57.6 Å². The Morgan fingerprint density at radius 1 is 1.25 bits per heavy atom. The molecule has 0 aliphatic carbocycles. The Morgan fingerprint density at radius 3 is 2.35 bits per heavy atom. The van der Waals surface area contributed by atoms with Crippen LogP contribution in [0.5, 0.6) is 0 Å². The lowest BCUT2D eigenvalue weighted by molar-refractivity contribution is 0.104. The van der Waals surface area contributed by atoms with Crippen molar-refractivity contribution in [3.63, 3.8) is 0 Å². The van der Waals surface area contributed by atoms with E-state index >= 15 is 0 Å². The lowest BCUT2D eigenvalue weighted by Gasteiger charge is -2.00. The van der Waals surface area contributed by atoms with Gasteiger partial charge in [-0.25, -0.2) is 0 Å². The molecule has 1 N–H and O–H groups in total. The molecule has 0 amide bonds. The fourth-order valence-electron chi connectivity index (χ4n) is 1.14. The van der Waals surface area contributed by atoms with Crippen LogP contribution in [0.1, 0.15) is 12.0 Å². The largest absolute Gasteiger partial charge is 0.673 e. The highest BCUT2D eigenvalue weighted by Crippen LogP contribution is 2.23. The van der Waals surface area contributed by atoms with Crippen LogP contribution >= 0.6 is 0 Å². The lowest BCUT2D eigenvalue weighted by atomic mass is 10.2. The molecule has 0 aromatic heterocycles. The maximum atomic E-state index is 13.1. The number of aliphatic hydroxyl groups excluding tert-OH is 1. The van der Waals surface area contributed by atoms with E-state index in [9.17, 15) is 21.7 Å². The SMILES string of the molecule is F[B-](F)(F)F.N#[N+]c1c(F)cccc1COCCCO. The van der Waals surface area contributed by atoms with Gasteiger partial charge in [-0.2, -0.15) is 4.39 Å². The molecule has 1 aromatic rings. The second-order valence-corrected chi connectivity index (χ2v) is 3.47. The van der Waals surface area contributed by atoms with Gasteiger partial charge in [0.25, 0.3) is 0 Å². The summed E-state index contributed by atoms with van der Waals surface area (Å²) >= 11 is 0. The molecule has 0 atom stereocenters. The summed E-state index contributed by atoms with van der Waals surface area (Å²) in [5.41, 5.74) is 0.386. The van der Waals surface area contributed by atoms with Crippen LogP contribution in [0.4, 0.5) is 27.3 Å². The number of halogens is 5. The van der Waals surface area contributed by atoms with Gasteiger partial charge in [-0.15, -0.1) is 0 Å². The van der Waals surface area contributed by atoms with Crippen molar-refractivity contribution in [3.8, 4) is 0 Å². The van der Waals surface area contributed by atoms with Crippen LogP contribution in [-0.4, -0.2) is 25.6 Å². The molecule has 0 fully saturated rings. The molecule has 0 saturated carbocycles. The average Bonchev–Trinajstić information content (AvgIpc) is 2.33. The van der Waals surface area contributed by atoms with Crippen molar-refractivity contribution >= 4 is 12.9 Å². The van der Waals surface area contributed by atoms with E-state index in [1.54, 1.807) is 6.07 Å². The van der Waals surface area contributed by atoms with Crippen molar-refractivity contribution in [3.05, 3.63) is 34.6 Å². The van der Waals surface area contributed by atoms with Crippen molar-refractivity contribution < 1.29 is 31.5 Å². The van der Waals surface area contributed by atoms with E-state index in [1.165, 1.54) is 12.1 Å². The van der Waals surface area contributed by atoms with Gasteiger partial charge in [-0.1, -0.05) is 6.07 Å². The molecule has 0 bridgehead atoms. The number of diazo groups is 1. The zero-order valence-electron chi connectivity index (χ0n) is 10.3. The highest BCUT2D eigenvalue weighted by molar-refractivity contribution is 6.50. The zero-order chi connectivity index (χ0) is 15.6. The second-order valence-electron chi connectivity index (χ2n) is 3.47. The van der Waals surface area contributed by atoms with Crippen LogP contribution in [0.2, 0.25) is 0 Å². The minimum atomic E-state index is -6.00. The van der Waals surface area contributed by atoms with Crippen molar-refractivity contribution in [2.45, 2.75) is 13.0 Å². The summed E-state index contributed by atoms with van der Waals surface area (Å²) in [7, 11) is -6.00. The highest BCUT2D eigenvalue weighted by atomic mass is 19.5. The number of nitrogens with zero attached hydrogens (tertiary/aromatic N) is 2. The predicted octanol–water partition coefficient (Wildman–Crippen LogP) is 3.51. The van der Waals surface area contributed by atoms with E-state index in [1.807, 2.05) is 0 Å². The standard InChI is InChI=1S/C10H12FN2O2.BF4/c11-9-4-1-3-8(10(9)13-12)7-15-6-2-5-14;2-1(3,4)5/h1,3-4,14H,2,5-7H2;/q+1;-1. The molecule has 0 aliphatic heterocycles. The van der Waals surface area contributed by atoms with Crippen molar-refractivity contribution in [1.29, 1.82) is 5.39 Å². The van der Waals surface area contributed by atoms with Crippen LogP contribution in [0.3, 0.4) is 0 Å². The molecule has 0 spiro atoms. The van der Waals surface area contributed by atoms with Crippen LogP contribution in [0, 0.1) is 11.2 Å². The number of ether oxygens (including phenoxy) is 1. The minimum Gasteiger partial charge on any atom is -0.418 e. The van der Waals surface area contributed by atoms with Gasteiger partial charge in [0.05, 0.1) is 12.2 Å². The number of hydrogen-bond acceptors (Lipinski definition) is 3. The third kappa shape index (κ3) is 9.24. The van der Waals surface area contributed by atoms with Gasteiger partial charge in [-0.3, -0.25) is 0 Å². The first kappa shape index (κ1) is 18.3. The first-order chi connectivity index (χ1) is 9.29. The first-order valence-corrected chi connectivity index (χ1v) is 5.48. The predicted molar refractivity (Wildman–Crippen MR) is 62.7 cm³/mol. The third-order valence-electron chi connectivity index (χ3n) is 1.87. The molecule has 0 saturated heterocycles. The molecule has 112 valence electrons. The molecule has 0 unspecified atom stereocenters. The van der Waals surface area contributed by atoms with Gasteiger partial charge in [0.2, 0.25) is 11.2 Å². The summed E-state index contributed by atoms with van der Waals surface area (Å²) in [6.07, 6.45) is 0.529. The Labute approximate surface area is 111 Å². The van der Waals surface area contributed by atoms with E-state index in [-0.39, 0.29) is 18.9 Å². The molecule has 20 heavy (non-hydrogen) atoms. The summed E-state index contributed by atoms with van der Waals surface area (Å²) in [6, 6.07) is 4.36. The van der Waals surface area contributed by atoms with E-state index in [4.69, 9.17) is 15.2 Å². The Kier molecular flexibility index (Phi) is 8.43. The van der Waals surface area contributed by atoms with E-state index in [2.05, 4.69) is 4.98 Å². The summed E-state index contributed by atoms with van der Waals surface area (Å²) in [5.74, 6) is -0.583. The molecule has 10 heteroatoms. The average molecular weight is 298 g/mol. The second kappa shape index (κ2) is 9.22. The number of benzene rings is 1. The summed E-state index contributed by atoms with van der Waals surface area (Å²) < 4.78 is 57.2. The monoisotopic (exact) mass is 298 g/mol. The molecule has 4 nitrogen and oxygen atoms in total. The summed E-state index contributed by atoms with van der Waals surface area (Å²) in [6.45, 7) is 0.607. The van der Waals surface area contributed by atoms with Gasteiger partial charge in [0, 0.05) is 13.2 Å². The summed E-state index contributed by atoms with van der Waals surface area (Å²) in [4.78, 5) is 2.86. The van der Waals surface area contributed by atoms with Gasteiger partial charge in [0.15, 0.2) is 4.98 Å². The van der Waals surface area contributed by atoms with Gasteiger partial charge < -0.3 is 27.1 Å². The van der Waals surface area contributed by atoms with Crippen LogP contribution in [0.15, 0.2) is 18.2 Å². The molecule has 0 heterocycles. The molecule has 0 radical (unpaired) electrons. The van der Waals surface area contributed by atoms with Crippen molar-refractivity contribution in [2.75, 3.05) is 13.2 Å². The van der Waals surface area contributed by atoms with Crippen LogP contribution < -0.4 is 0 Å². The van der Waals surface area contributed by atoms with Crippen LogP contribution in [0.25, 0.3) is 4.98 Å². The maximum Gasteiger partial charge on any atom is 0.673 e. The Morgan fingerprint density at radius 2 is 1.85 bits per heavy atom. The van der Waals surface area contributed by atoms with Crippen molar-refractivity contribution in [2.24, 2.45) is 0 Å². The Hall–Kier alpha value is -1.73. The van der Waals surface area contributed by atoms with E-state index < -0.39 is 13.1 Å². The number of rotatable bonds is 5. The zero-order valence-corrected chi connectivity index (χ0v) is 10.3. The first-order valence-electron chi connectivity index (χ1n) is 5.48. The number of aliphatic hydroxyl groups is 1. The van der Waals surface area contributed by atoms with Crippen LogP contribution in [-0.2, 0) is 11.3 Å². The molecule has 0 aliphatic rings. The molecule has 1 aromatic carbocycles.